The SMILES string of the molecule is CC(C)N(CC(=O)N(Cc1ccc(F)cc1)Cc1cccs1)C(=O)c1ccc(Cl)cc1Cl. The molecule has 0 aliphatic carbocycles. The Kier molecular flexibility index (Phi) is 8.29. The van der Waals surface area contributed by atoms with Crippen LogP contribution >= 0.6 is 34.5 Å². The average molecular weight is 493 g/mol. The molecular weight excluding hydrogens is 470 g/mol. The van der Waals surface area contributed by atoms with Gasteiger partial charge in [0.05, 0.1) is 17.1 Å². The second-order valence-electron chi connectivity index (χ2n) is 7.61. The van der Waals surface area contributed by atoms with Gasteiger partial charge in [0.15, 0.2) is 0 Å². The van der Waals surface area contributed by atoms with E-state index in [1.54, 1.807) is 40.5 Å². The number of halogens is 3. The van der Waals surface area contributed by atoms with E-state index in [1.807, 2.05) is 31.4 Å². The zero-order valence-corrected chi connectivity index (χ0v) is 20.1. The highest BCUT2D eigenvalue weighted by Crippen LogP contribution is 2.23. The Labute approximate surface area is 201 Å². The summed E-state index contributed by atoms with van der Waals surface area (Å²) in [6.45, 7) is 4.29. The van der Waals surface area contributed by atoms with Crippen molar-refractivity contribution in [3.63, 3.8) is 0 Å². The highest BCUT2D eigenvalue weighted by Gasteiger charge is 2.26. The van der Waals surface area contributed by atoms with Gasteiger partial charge >= 0.3 is 0 Å². The lowest BCUT2D eigenvalue weighted by atomic mass is 10.1. The van der Waals surface area contributed by atoms with Crippen LogP contribution in [-0.4, -0.2) is 34.2 Å². The van der Waals surface area contributed by atoms with Crippen LogP contribution in [0.3, 0.4) is 0 Å². The lowest BCUT2D eigenvalue weighted by Gasteiger charge is -2.30. The van der Waals surface area contributed by atoms with Crippen LogP contribution in [-0.2, 0) is 17.9 Å². The molecule has 168 valence electrons. The largest absolute Gasteiger partial charge is 0.332 e. The molecule has 0 saturated heterocycles. The number of hydrogen-bond acceptors (Lipinski definition) is 3. The van der Waals surface area contributed by atoms with Crippen LogP contribution < -0.4 is 0 Å². The summed E-state index contributed by atoms with van der Waals surface area (Å²) in [4.78, 5) is 30.7. The maximum absolute atomic E-state index is 13.3. The molecule has 1 aromatic heterocycles. The normalized spacial score (nSPS) is 10.9. The molecular formula is C24H23Cl2FN2O2S. The fourth-order valence-corrected chi connectivity index (χ4v) is 4.39. The van der Waals surface area contributed by atoms with Gasteiger partial charge < -0.3 is 9.80 Å². The van der Waals surface area contributed by atoms with Crippen molar-refractivity contribution in [2.45, 2.75) is 33.0 Å². The number of amides is 2. The van der Waals surface area contributed by atoms with Crippen LogP contribution in [0.1, 0.15) is 34.6 Å². The summed E-state index contributed by atoms with van der Waals surface area (Å²) in [5.74, 6) is -0.885. The van der Waals surface area contributed by atoms with Crippen molar-refractivity contribution in [3.8, 4) is 0 Å². The predicted molar refractivity (Wildman–Crippen MR) is 128 cm³/mol. The fraction of sp³-hybridized carbons (Fsp3) is 0.250. The van der Waals surface area contributed by atoms with E-state index < -0.39 is 0 Å². The second kappa shape index (κ2) is 10.9. The average Bonchev–Trinajstić information content (AvgIpc) is 3.25. The minimum absolute atomic E-state index is 0.109. The van der Waals surface area contributed by atoms with Crippen molar-refractivity contribution in [1.82, 2.24) is 9.80 Å². The third-order valence-corrected chi connectivity index (χ3v) is 6.33. The fourth-order valence-electron chi connectivity index (χ4n) is 3.19. The smallest absolute Gasteiger partial charge is 0.256 e. The Morgan fingerprint density at radius 3 is 2.34 bits per heavy atom. The van der Waals surface area contributed by atoms with Crippen molar-refractivity contribution in [3.05, 3.63) is 91.8 Å². The zero-order chi connectivity index (χ0) is 23.3. The molecule has 0 fully saturated rings. The Bertz CT molecular complexity index is 1070. The number of benzene rings is 2. The number of hydrogen-bond donors (Lipinski definition) is 0. The van der Waals surface area contributed by atoms with Gasteiger partial charge in [-0.2, -0.15) is 0 Å². The zero-order valence-electron chi connectivity index (χ0n) is 17.7. The van der Waals surface area contributed by atoms with Gasteiger partial charge in [-0.3, -0.25) is 9.59 Å². The first-order chi connectivity index (χ1) is 15.2. The third kappa shape index (κ3) is 6.31. The molecule has 2 amide bonds. The lowest BCUT2D eigenvalue weighted by molar-refractivity contribution is -0.133. The van der Waals surface area contributed by atoms with E-state index in [1.165, 1.54) is 23.1 Å². The molecule has 0 radical (unpaired) electrons. The first-order valence-corrected chi connectivity index (χ1v) is 11.7. The van der Waals surface area contributed by atoms with Crippen molar-refractivity contribution >= 4 is 46.4 Å². The summed E-state index contributed by atoms with van der Waals surface area (Å²) in [7, 11) is 0. The standard InChI is InChI=1S/C24H23Cl2FN2O2S/c1-16(2)29(24(31)21-10-7-18(25)12-22(21)26)15-23(30)28(14-20-4-3-11-32-20)13-17-5-8-19(27)9-6-17/h3-12,16H,13-15H2,1-2H3. The van der Waals surface area contributed by atoms with Crippen molar-refractivity contribution in [1.29, 1.82) is 0 Å². The van der Waals surface area contributed by atoms with Gasteiger partial charge in [0.2, 0.25) is 5.91 Å². The van der Waals surface area contributed by atoms with Gasteiger partial charge in [0.1, 0.15) is 12.4 Å². The Balaban J connectivity index is 1.82. The van der Waals surface area contributed by atoms with Crippen LogP contribution in [0.25, 0.3) is 0 Å². The molecule has 3 rings (SSSR count). The van der Waals surface area contributed by atoms with Gasteiger partial charge in [0.25, 0.3) is 5.91 Å². The number of rotatable bonds is 8. The molecule has 8 heteroatoms. The monoisotopic (exact) mass is 492 g/mol. The Morgan fingerprint density at radius 1 is 1.03 bits per heavy atom. The molecule has 0 N–H and O–H groups in total. The minimum Gasteiger partial charge on any atom is -0.332 e. The van der Waals surface area contributed by atoms with Crippen LogP contribution in [0, 0.1) is 5.82 Å². The summed E-state index contributed by atoms with van der Waals surface area (Å²) >= 11 is 13.7. The minimum atomic E-state index is -0.340. The molecule has 0 aliphatic heterocycles. The van der Waals surface area contributed by atoms with Crippen LogP contribution in [0.2, 0.25) is 10.0 Å². The number of nitrogens with zero attached hydrogens (tertiary/aromatic N) is 2. The molecule has 0 unspecified atom stereocenters. The van der Waals surface area contributed by atoms with E-state index in [0.717, 1.165) is 10.4 Å². The van der Waals surface area contributed by atoms with E-state index in [9.17, 15) is 14.0 Å². The van der Waals surface area contributed by atoms with Gasteiger partial charge in [0, 0.05) is 22.5 Å². The summed E-state index contributed by atoms with van der Waals surface area (Å²) in [6, 6.07) is 14.4. The maximum Gasteiger partial charge on any atom is 0.256 e. The van der Waals surface area contributed by atoms with E-state index in [4.69, 9.17) is 23.2 Å². The topological polar surface area (TPSA) is 40.6 Å². The molecule has 4 nitrogen and oxygen atoms in total. The lowest BCUT2D eigenvalue weighted by Crippen LogP contribution is -2.45. The third-order valence-electron chi connectivity index (χ3n) is 4.92. The molecule has 2 aromatic carbocycles. The Morgan fingerprint density at radius 2 is 1.75 bits per heavy atom. The van der Waals surface area contributed by atoms with Gasteiger partial charge in [-0.05, 0) is 61.2 Å². The quantitative estimate of drug-likeness (QED) is 0.371. The number of carbonyl (C=O) groups excluding carboxylic acids is 2. The summed E-state index contributed by atoms with van der Waals surface area (Å²) < 4.78 is 13.3. The van der Waals surface area contributed by atoms with Crippen molar-refractivity contribution in [2.75, 3.05) is 6.54 Å². The van der Waals surface area contributed by atoms with Crippen LogP contribution in [0.4, 0.5) is 4.39 Å². The molecule has 3 aromatic rings. The van der Waals surface area contributed by atoms with Crippen LogP contribution in [0.5, 0.6) is 0 Å². The van der Waals surface area contributed by atoms with E-state index >= 15 is 0 Å². The van der Waals surface area contributed by atoms with E-state index in [2.05, 4.69) is 0 Å². The van der Waals surface area contributed by atoms with Gasteiger partial charge in [-0.25, -0.2) is 4.39 Å². The van der Waals surface area contributed by atoms with Crippen molar-refractivity contribution < 1.29 is 14.0 Å². The molecule has 1 heterocycles. The molecule has 32 heavy (non-hydrogen) atoms. The summed E-state index contributed by atoms with van der Waals surface area (Å²) in [6.07, 6.45) is 0. The van der Waals surface area contributed by atoms with Crippen LogP contribution in [0.15, 0.2) is 60.0 Å². The van der Waals surface area contributed by atoms with E-state index in [-0.39, 0.29) is 35.2 Å². The molecule has 0 saturated carbocycles. The van der Waals surface area contributed by atoms with Gasteiger partial charge in [-0.1, -0.05) is 41.4 Å². The highest BCUT2D eigenvalue weighted by atomic mass is 35.5. The molecule has 0 atom stereocenters. The van der Waals surface area contributed by atoms with Gasteiger partial charge in [-0.15, -0.1) is 11.3 Å². The summed E-state index contributed by atoms with van der Waals surface area (Å²) in [5, 5.41) is 2.62. The molecule has 0 bridgehead atoms. The maximum atomic E-state index is 13.3. The number of thiophene rings is 1. The van der Waals surface area contributed by atoms with Crippen molar-refractivity contribution in [2.24, 2.45) is 0 Å². The number of carbonyl (C=O) groups is 2. The Hall–Kier alpha value is -2.41. The molecule has 0 aliphatic rings. The summed E-state index contributed by atoms with van der Waals surface area (Å²) in [5.41, 5.74) is 1.10. The predicted octanol–water partition coefficient (Wildman–Crippen LogP) is 6.27. The first kappa shape index (κ1) is 24.2. The van der Waals surface area contributed by atoms with E-state index in [0.29, 0.717) is 23.7 Å². The second-order valence-corrected chi connectivity index (χ2v) is 9.48. The first-order valence-electron chi connectivity index (χ1n) is 10.0. The molecule has 0 spiro atoms. The highest BCUT2D eigenvalue weighted by molar-refractivity contribution is 7.09.